The SMILES string of the molecule is Cc1cnc(C)c(NCCCc2nc3ccccc3o2)n1. The van der Waals surface area contributed by atoms with Crippen molar-refractivity contribution < 1.29 is 4.42 Å². The van der Waals surface area contributed by atoms with Gasteiger partial charge in [0.15, 0.2) is 11.5 Å². The van der Waals surface area contributed by atoms with Crippen LogP contribution in [0.15, 0.2) is 34.9 Å². The Morgan fingerprint density at radius 3 is 2.86 bits per heavy atom. The van der Waals surface area contributed by atoms with Crippen molar-refractivity contribution in [1.29, 1.82) is 0 Å². The van der Waals surface area contributed by atoms with Crippen LogP contribution in [-0.2, 0) is 6.42 Å². The van der Waals surface area contributed by atoms with Gasteiger partial charge in [-0.1, -0.05) is 12.1 Å². The molecule has 0 aliphatic rings. The average molecular weight is 282 g/mol. The lowest BCUT2D eigenvalue weighted by molar-refractivity contribution is 0.523. The number of hydrogen-bond donors (Lipinski definition) is 1. The molecule has 0 aliphatic heterocycles. The molecule has 3 rings (SSSR count). The molecule has 5 nitrogen and oxygen atoms in total. The third-order valence-electron chi connectivity index (χ3n) is 3.27. The molecule has 5 heteroatoms. The summed E-state index contributed by atoms with van der Waals surface area (Å²) in [4.78, 5) is 13.2. The fraction of sp³-hybridized carbons (Fsp3) is 0.312. The number of nitrogens with one attached hydrogen (secondary N) is 1. The molecule has 3 aromatic rings. The number of para-hydroxylation sites is 2. The van der Waals surface area contributed by atoms with Gasteiger partial charge >= 0.3 is 0 Å². The fourth-order valence-corrected chi connectivity index (χ4v) is 2.18. The van der Waals surface area contributed by atoms with E-state index in [1.54, 1.807) is 6.20 Å². The van der Waals surface area contributed by atoms with Crippen molar-refractivity contribution in [2.75, 3.05) is 11.9 Å². The van der Waals surface area contributed by atoms with Crippen LogP contribution in [0.2, 0.25) is 0 Å². The number of anilines is 1. The van der Waals surface area contributed by atoms with Crippen LogP contribution in [0.25, 0.3) is 11.1 Å². The van der Waals surface area contributed by atoms with Crippen LogP contribution in [0, 0.1) is 13.8 Å². The number of fused-ring (bicyclic) bond motifs is 1. The summed E-state index contributed by atoms with van der Waals surface area (Å²) in [5, 5.41) is 3.31. The summed E-state index contributed by atoms with van der Waals surface area (Å²) < 4.78 is 5.70. The number of rotatable bonds is 5. The van der Waals surface area contributed by atoms with Crippen molar-refractivity contribution >= 4 is 16.9 Å². The summed E-state index contributed by atoms with van der Waals surface area (Å²) in [6.45, 7) is 4.71. The van der Waals surface area contributed by atoms with E-state index in [0.29, 0.717) is 0 Å². The van der Waals surface area contributed by atoms with E-state index in [1.807, 2.05) is 38.1 Å². The number of aromatic nitrogens is 3. The Hall–Kier alpha value is -2.43. The molecule has 0 unspecified atom stereocenters. The van der Waals surface area contributed by atoms with Crippen molar-refractivity contribution in [1.82, 2.24) is 15.0 Å². The maximum atomic E-state index is 5.70. The minimum atomic E-state index is 0.782. The van der Waals surface area contributed by atoms with Gasteiger partial charge in [0.05, 0.1) is 11.4 Å². The van der Waals surface area contributed by atoms with Gasteiger partial charge in [-0.25, -0.2) is 9.97 Å². The Labute approximate surface area is 123 Å². The van der Waals surface area contributed by atoms with Gasteiger partial charge in [-0.2, -0.15) is 0 Å². The van der Waals surface area contributed by atoms with Crippen LogP contribution in [0.3, 0.4) is 0 Å². The minimum Gasteiger partial charge on any atom is -0.441 e. The molecular weight excluding hydrogens is 264 g/mol. The molecular formula is C16H18N4O. The van der Waals surface area contributed by atoms with Gasteiger partial charge in [0.2, 0.25) is 0 Å². The van der Waals surface area contributed by atoms with Crippen LogP contribution < -0.4 is 5.32 Å². The second kappa shape index (κ2) is 5.91. The minimum absolute atomic E-state index is 0.782. The maximum Gasteiger partial charge on any atom is 0.195 e. The second-order valence-corrected chi connectivity index (χ2v) is 5.05. The van der Waals surface area contributed by atoms with Gasteiger partial charge in [-0.3, -0.25) is 4.98 Å². The number of hydrogen-bond acceptors (Lipinski definition) is 5. The zero-order valence-electron chi connectivity index (χ0n) is 12.3. The van der Waals surface area contributed by atoms with E-state index in [2.05, 4.69) is 20.3 Å². The maximum absolute atomic E-state index is 5.70. The quantitative estimate of drug-likeness (QED) is 0.727. The van der Waals surface area contributed by atoms with Crippen LogP contribution in [0.4, 0.5) is 5.82 Å². The highest BCUT2D eigenvalue weighted by atomic mass is 16.3. The molecule has 0 fully saturated rings. The predicted molar refractivity (Wildman–Crippen MR) is 82.3 cm³/mol. The predicted octanol–water partition coefficient (Wildman–Crippen LogP) is 3.28. The number of aryl methyl sites for hydroxylation is 3. The van der Waals surface area contributed by atoms with E-state index in [0.717, 1.165) is 53.6 Å². The van der Waals surface area contributed by atoms with Crippen LogP contribution in [0.1, 0.15) is 23.7 Å². The lowest BCUT2D eigenvalue weighted by Crippen LogP contribution is -2.07. The topological polar surface area (TPSA) is 63.8 Å². The Bertz CT molecular complexity index is 718. The highest BCUT2D eigenvalue weighted by molar-refractivity contribution is 5.72. The molecule has 0 saturated carbocycles. The molecule has 1 aromatic carbocycles. The number of nitrogens with zero attached hydrogens (tertiary/aromatic N) is 3. The molecule has 0 spiro atoms. The molecule has 2 aromatic heterocycles. The first kappa shape index (κ1) is 13.5. The van der Waals surface area contributed by atoms with E-state index in [-0.39, 0.29) is 0 Å². The highest BCUT2D eigenvalue weighted by Crippen LogP contribution is 2.16. The van der Waals surface area contributed by atoms with Crippen LogP contribution in [-0.4, -0.2) is 21.5 Å². The summed E-state index contributed by atoms with van der Waals surface area (Å²) in [5.41, 5.74) is 3.60. The van der Waals surface area contributed by atoms with Crippen molar-refractivity contribution in [3.05, 3.63) is 47.7 Å². The molecule has 0 saturated heterocycles. The second-order valence-electron chi connectivity index (χ2n) is 5.05. The van der Waals surface area contributed by atoms with E-state index < -0.39 is 0 Å². The molecule has 0 atom stereocenters. The Balaban J connectivity index is 1.55. The molecule has 0 radical (unpaired) electrons. The van der Waals surface area contributed by atoms with Gasteiger partial charge in [0.1, 0.15) is 11.3 Å². The van der Waals surface area contributed by atoms with E-state index in [4.69, 9.17) is 4.42 Å². The molecule has 108 valence electrons. The van der Waals surface area contributed by atoms with Gasteiger partial charge in [-0.15, -0.1) is 0 Å². The molecule has 1 N–H and O–H groups in total. The smallest absolute Gasteiger partial charge is 0.195 e. The molecule has 2 heterocycles. The molecule has 21 heavy (non-hydrogen) atoms. The summed E-state index contributed by atoms with van der Waals surface area (Å²) in [7, 11) is 0. The van der Waals surface area contributed by atoms with Gasteiger partial charge in [0, 0.05) is 19.2 Å². The third-order valence-corrected chi connectivity index (χ3v) is 3.27. The first-order valence-electron chi connectivity index (χ1n) is 7.11. The Morgan fingerprint density at radius 2 is 2.00 bits per heavy atom. The summed E-state index contributed by atoms with van der Waals surface area (Å²) >= 11 is 0. The third kappa shape index (κ3) is 3.18. The van der Waals surface area contributed by atoms with Gasteiger partial charge in [0.25, 0.3) is 0 Å². The fourth-order valence-electron chi connectivity index (χ4n) is 2.18. The van der Waals surface area contributed by atoms with Crippen LogP contribution >= 0.6 is 0 Å². The van der Waals surface area contributed by atoms with E-state index in [9.17, 15) is 0 Å². The summed E-state index contributed by atoms with van der Waals surface area (Å²) in [6, 6.07) is 7.83. The summed E-state index contributed by atoms with van der Waals surface area (Å²) in [6.07, 6.45) is 3.51. The Kier molecular flexibility index (Phi) is 3.81. The zero-order chi connectivity index (χ0) is 14.7. The summed E-state index contributed by atoms with van der Waals surface area (Å²) in [5.74, 6) is 1.64. The molecule has 0 aliphatic carbocycles. The number of oxazole rings is 1. The number of benzene rings is 1. The first-order chi connectivity index (χ1) is 10.2. The molecule has 0 bridgehead atoms. The average Bonchev–Trinajstić information content (AvgIpc) is 2.89. The van der Waals surface area contributed by atoms with Crippen molar-refractivity contribution in [3.8, 4) is 0 Å². The van der Waals surface area contributed by atoms with Crippen molar-refractivity contribution in [3.63, 3.8) is 0 Å². The van der Waals surface area contributed by atoms with Gasteiger partial charge < -0.3 is 9.73 Å². The first-order valence-corrected chi connectivity index (χ1v) is 7.11. The lowest BCUT2D eigenvalue weighted by atomic mass is 10.3. The van der Waals surface area contributed by atoms with E-state index in [1.165, 1.54) is 0 Å². The zero-order valence-corrected chi connectivity index (χ0v) is 12.3. The normalized spacial score (nSPS) is 11.0. The van der Waals surface area contributed by atoms with Gasteiger partial charge in [-0.05, 0) is 32.4 Å². The largest absolute Gasteiger partial charge is 0.441 e. The highest BCUT2D eigenvalue weighted by Gasteiger charge is 2.05. The Morgan fingerprint density at radius 1 is 1.14 bits per heavy atom. The van der Waals surface area contributed by atoms with Crippen molar-refractivity contribution in [2.24, 2.45) is 0 Å². The standard InChI is InChI=1S/C16H18N4O/c1-11-10-18-12(2)16(19-11)17-9-5-8-15-20-13-6-3-4-7-14(13)21-15/h3-4,6-7,10H,5,8-9H2,1-2H3,(H,17,19). The van der Waals surface area contributed by atoms with Crippen molar-refractivity contribution in [2.45, 2.75) is 26.7 Å². The molecule has 0 amide bonds. The van der Waals surface area contributed by atoms with Crippen LogP contribution in [0.5, 0.6) is 0 Å². The van der Waals surface area contributed by atoms with E-state index >= 15 is 0 Å². The lowest BCUT2D eigenvalue weighted by Gasteiger charge is -2.07. The monoisotopic (exact) mass is 282 g/mol.